The summed E-state index contributed by atoms with van der Waals surface area (Å²) in [6.45, 7) is 7.88. The number of hydrogen-bond acceptors (Lipinski definition) is 4. The highest BCUT2D eigenvalue weighted by atomic mass is 16.5. The number of aliphatic hydroxyl groups excluding tert-OH is 1. The van der Waals surface area contributed by atoms with E-state index in [4.69, 9.17) is 14.9 Å². The lowest BCUT2D eigenvalue weighted by atomic mass is 9.84. The number of ether oxygens (including phenoxy) is 1. The molecule has 0 radical (unpaired) electrons. The van der Waals surface area contributed by atoms with Gasteiger partial charge in [0.05, 0.1) is 7.11 Å². The molecule has 5 nitrogen and oxygen atoms in total. The number of aliphatic carboxylic acids is 1. The molecule has 2 N–H and O–H groups in total. The van der Waals surface area contributed by atoms with Crippen LogP contribution >= 0.6 is 0 Å². The van der Waals surface area contributed by atoms with E-state index in [0.29, 0.717) is 0 Å². The van der Waals surface area contributed by atoms with Crippen molar-refractivity contribution < 1.29 is 19.7 Å². The third-order valence-electron chi connectivity index (χ3n) is 6.67. The zero-order valence-electron chi connectivity index (χ0n) is 18.7. The molecule has 1 fully saturated rings. The van der Waals surface area contributed by atoms with Gasteiger partial charge < -0.3 is 14.9 Å². The maximum absolute atomic E-state index is 9.45. The van der Waals surface area contributed by atoms with E-state index in [1.165, 1.54) is 71.0 Å². The molecule has 5 rings (SSSR count). The number of benzene rings is 3. The molecule has 5 heteroatoms. The molecule has 2 heterocycles. The number of hydrogen-bond donors (Lipinski definition) is 2. The first-order valence-corrected chi connectivity index (χ1v) is 11.0. The van der Waals surface area contributed by atoms with Gasteiger partial charge in [-0.2, -0.15) is 0 Å². The van der Waals surface area contributed by atoms with Crippen molar-refractivity contribution in [3.63, 3.8) is 0 Å². The molecule has 32 heavy (non-hydrogen) atoms. The second kappa shape index (κ2) is 9.47. The Morgan fingerprint density at radius 1 is 1.09 bits per heavy atom. The van der Waals surface area contributed by atoms with E-state index in [9.17, 15) is 4.79 Å². The lowest BCUT2D eigenvalue weighted by Crippen LogP contribution is -2.35. The van der Waals surface area contributed by atoms with Crippen molar-refractivity contribution in [3.05, 3.63) is 52.6 Å². The summed E-state index contributed by atoms with van der Waals surface area (Å²) in [6.07, 6.45) is 2.66. The minimum Gasteiger partial charge on any atom is -0.496 e. The maximum Gasteiger partial charge on any atom is 0.332 e. The van der Waals surface area contributed by atoms with Crippen LogP contribution in [-0.4, -0.2) is 46.9 Å². The molecular weight excluding hydrogens is 402 g/mol. The number of carboxylic acid groups (broad SMARTS) is 1. The van der Waals surface area contributed by atoms with Gasteiger partial charge in [0.2, 0.25) is 0 Å². The Morgan fingerprint density at radius 3 is 2.44 bits per heavy atom. The number of methoxy groups -OCH3 is 1. The summed E-state index contributed by atoms with van der Waals surface area (Å²) < 4.78 is 5.65. The van der Waals surface area contributed by atoms with Crippen LogP contribution in [0, 0.1) is 13.8 Å². The highest BCUT2D eigenvalue weighted by Gasteiger charge is 2.32. The standard InChI is InChI=1S/C23H25NO.C3H6O3.CH4/c1-14-6-7-17-18(9-14)19-10-15(2)23(25-3)12-21(19)22-13-24-8-4-5-16(24)11-20(17)22;1-2(4)3(5)6;/h6-7,9-10,12,16H,4-5,8,11,13H2,1-3H3;2,4H,1H3,(H,5,6);1H4/t16-;;/m0../s1. The first-order chi connectivity index (χ1) is 14.8. The average molecular weight is 438 g/mol. The minimum atomic E-state index is -1.23. The summed E-state index contributed by atoms with van der Waals surface area (Å²) in [5.41, 5.74) is 5.66. The molecule has 2 atom stereocenters. The fourth-order valence-corrected chi connectivity index (χ4v) is 5.04. The number of aryl methyl sites for hydroxylation is 2. The number of aliphatic hydroxyl groups is 1. The lowest BCUT2D eigenvalue weighted by molar-refractivity contribution is -0.145. The van der Waals surface area contributed by atoms with Crippen molar-refractivity contribution in [1.29, 1.82) is 0 Å². The summed E-state index contributed by atoms with van der Waals surface area (Å²) in [6, 6.07) is 12.3. The second-order valence-corrected chi connectivity index (χ2v) is 8.86. The van der Waals surface area contributed by atoms with Crippen LogP contribution in [-0.2, 0) is 17.8 Å². The number of nitrogens with zero attached hydrogens (tertiary/aromatic N) is 1. The lowest BCUT2D eigenvalue weighted by Gasteiger charge is -2.33. The third kappa shape index (κ3) is 4.32. The summed E-state index contributed by atoms with van der Waals surface area (Å²) in [5.74, 6) is -0.180. The van der Waals surface area contributed by atoms with Crippen LogP contribution in [0.2, 0.25) is 0 Å². The zero-order chi connectivity index (χ0) is 22.3. The molecule has 172 valence electrons. The van der Waals surface area contributed by atoms with Crippen molar-refractivity contribution in [1.82, 2.24) is 4.90 Å². The van der Waals surface area contributed by atoms with Gasteiger partial charge in [0.15, 0.2) is 0 Å². The Kier molecular flexibility index (Phi) is 7.11. The summed E-state index contributed by atoms with van der Waals surface area (Å²) >= 11 is 0. The Balaban J connectivity index is 0.000000368. The molecule has 0 saturated carbocycles. The number of carboxylic acids is 1. The summed E-state index contributed by atoms with van der Waals surface area (Å²) in [4.78, 5) is 12.1. The van der Waals surface area contributed by atoms with E-state index < -0.39 is 12.1 Å². The molecule has 0 aromatic heterocycles. The van der Waals surface area contributed by atoms with Gasteiger partial charge in [0.25, 0.3) is 0 Å². The summed E-state index contributed by atoms with van der Waals surface area (Å²) in [7, 11) is 1.78. The molecule has 3 aromatic rings. The summed E-state index contributed by atoms with van der Waals surface area (Å²) in [5, 5.41) is 21.4. The first kappa shape index (κ1) is 24.0. The highest BCUT2D eigenvalue weighted by molar-refractivity contribution is 6.11. The molecule has 0 aliphatic carbocycles. The van der Waals surface area contributed by atoms with Crippen LogP contribution in [0.25, 0.3) is 21.5 Å². The van der Waals surface area contributed by atoms with Crippen molar-refractivity contribution in [2.24, 2.45) is 0 Å². The number of carbonyl (C=O) groups is 1. The first-order valence-electron chi connectivity index (χ1n) is 11.0. The molecule has 0 bridgehead atoms. The van der Waals surface area contributed by atoms with Gasteiger partial charge in [-0.3, -0.25) is 4.90 Å². The van der Waals surface area contributed by atoms with E-state index in [0.717, 1.165) is 18.3 Å². The molecule has 3 aromatic carbocycles. The Hall–Kier alpha value is -2.63. The van der Waals surface area contributed by atoms with Gasteiger partial charge in [0, 0.05) is 12.6 Å². The van der Waals surface area contributed by atoms with E-state index in [2.05, 4.69) is 49.1 Å². The molecule has 2 aliphatic rings. The second-order valence-electron chi connectivity index (χ2n) is 8.86. The normalized spacial score (nSPS) is 18.2. The molecule has 0 spiro atoms. The van der Waals surface area contributed by atoms with Gasteiger partial charge >= 0.3 is 5.97 Å². The molecule has 0 amide bonds. The van der Waals surface area contributed by atoms with Gasteiger partial charge in [-0.1, -0.05) is 31.2 Å². The smallest absolute Gasteiger partial charge is 0.332 e. The van der Waals surface area contributed by atoms with Crippen LogP contribution in [0.15, 0.2) is 30.3 Å². The van der Waals surface area contributed by atoms with Crippen LogP contribution in [0.1, 0.15) is 49.4 Å². The zero-order valence-corrected chi connectivity index (χ0v) is 18.7. The largest absolute Gasteiger partial charge is 0.496 e. The molecule has 1 saturated heterocycles. The average Bonchev–Trinajstić information content (AvgIpc) is 3.20. The molecule has 1 unspecified atom stereocenters. The van der Waals surface area contributed by atoms with Crippen molar-refractivity contribution >= 4 is 27.5 Å². The molecule has 2 aliphatic heterocycles. The van der Waals surface area contributed by atoms with Crippen LogP contribution < -0.4 is 4.74 Å². The van der Waals surface area contributed by atoms with Crippen LogP contribution in [0.4, 0.5) is 0 Å². The van der Waals surface area contributed by atoms with E-state index >= 15 is 0 Å². The number of rotatable bonds is 2. The van der Waals surface area contributed by atoms with Crippen molar-refractivity contribution in [2.75, 3.05) is 13.7 Å². The monoisotopic (exact) mass is 437 g/mol. The Morgan fingerprint density at radius 2 is 1.78 bits per heavy atom. The van der Waals surface area contributed by atoms with E-state index in [1.54, 1.807) is 12.7 Å². The topological polar surface area (TPSA) is 70.0 Å². The fraction of sp³-hybridized carbons (Fsp3) is 0.444. The Labute approximate surface area is 190 Å². The SMILES string of the molecule is C.CC(O)C(=O)O.COc1cc2c3c(c4ccc(C)cc4c2cc1C)C[C@@H]1CCCN1C3. The number of fused-ring (bicyclic) bond motifs is 7. The van der Waals surface area contributed by atoms with Crippen molar-refractivity contribution in [2.45, 2.75) is 66.2 Å². The quantitative estimate of drug-likeness (QED) is 0.538. The fourth-order valence-electron chi connectivity index (χ4n) is 5.04. The predicted octanol–water partition coefficient (Wildman–Crippen LogP) is 5.23. The van der Waals surface area contributed by atoms with Gasteiger partial charge in [-0.25, -0.2) is 4.79 Å². The van der Waals surface area contributed by atoms with Gasteiger partial charge in [-0.05, 0) is 96.9 Å². The van der Waals surface area contributed by atoms with Crippen LogP contribution in [0.5, 0.6) is 5.75 Å². The van der Waals surface area contributed by atoms with E-state index in [-0.39, 0.29) is 7.43 Å². The predicted molar refractivity (Wildman–Crippen MR) is 131 cm³/mol. The minimum absolute atomic E-state index is 0. The van der Waals surface area contributed by atoms with Crippen molar-refractivity contribution in [3.8, 4) is 5.75 Å². The molecular formula is C27H35NO4. The van der Waals surface area contributed by atoms with Crippen LogP contribution in [0.3, 0.4) is 0 Å². The van der Waals surface area contributed by atoms with E-state index in [1.807, 2.05) is 0 Å². The third-order valence-corrected chi connectivity index (χ3v) is 6.67. The van der Waals surface area contributed by atoms with Gasteiger partial charge in [-0.15, -0.1) is 0 Å². The highest BCUT2D eigenvalue weighted by Crippen LogP contribution is 2.41. The van der Waals surface area contributed by atoms with Gasteiger partial charge in [0.1, 0.15) is 11.9 Å². The Bertz CT molecular complexity index is 1150. The maximum atomic E-state index is 9.45.